The van der Waals surface area contributed by atoms with Crippen molar-refractivity contribution in [3.05, 3.63) is 12.2 Å². The van der Waals surface area contributed by atoms with Gasteiger partial charge in [0.15, 0.2) is 0 Å². The fourth-order valence-corrected chi connectivity index (χ4v) is 8.55. The minimum absolute atomic E-state index is 0.0752. The SMILES string of the molecule is COC(=O)CC[C@@H](C)[C@H]1CC[C@H]2[C@@H]3C=C[C@H]4C[C@H](OC(C)=O)CC[C@]4(C)[C@H]3CC[C@]12C. The molecule has 0 heterocycles. The molecular weight excluding hydrogens is 388 g/mol. The van der Waals surface area contributed by atoms with Crippen LogP contribution in [0.4, 0.5) is 0 Å². The van der Waals surface area contributed by atoms with Crippen LogP contribution in [0.3, 0.4) is 0 Å². The molecule has 4 aliphatic carbocycles. The Kier molecular flexibility index (Phi) is 6.31. The minimum Gasteiger partial charge on any atom is -0.469 e. The molecular formula is C27H42O4. The monoisotopic (exact) mass is 430 g/mol. The predicted molar refractivity (Wildman–Crippen MR) is 121 cm³/mol. The summed E-state index contributed by atoms with van der Waals surface area (Å²) in [6.45, 7) is 8.97. The smallest absolute Gasteiger partial charge is 0.305 e. The first kappa shape index (κ1) is 22.9. The summed E-state index contributed by atoms with van der Waals surface area (Å²) in [4.78, 5) is 23.1. The first-order valence-electron chi connectivity index (χ1n) is 12.6. The lowest BCUT2D eigenvalue weighted by Gasteiger charge is -2.59. The summed E-state index contributed by atoms with van der Waals surface area (Å²) in [5, 5.41) is 0. The number of allylic oxidation sites excluding steroid dienone is 2. The number of carbonyl (C=O) groups is 2. The molecule has 4 nitrogen and oxygen atoms in total. The van der Waals surface area contributed by atoms with Crippen molar-refractivity contribution < 1.29 is 19.1 Å². The zero-order valence-electron chi connectivity index (χ0n) is 20.2. The van der Waals surface area contributed by atoms with Crippen LogP contribution >= 0.6 is 0 Å². The lowest BCUT2D eigenvalue weighted by Crippen LogP contribution is -2.52. The van der Waals surface area contributed by atoms with Crippen LogP contribution in [0, 0.1) is 46.3 Å². The molecule has 0 N–H and O–H groups in total. The van der Waals surface area contributed by atoms with E-state index in [9.17, 15) is 9.59 Å². The predicted octanol–water partition coefficient (Wildman–Crippen LogP) is 5.94. The van der Waals surface area contributed by atoms with Gasteiger partial charge >= 0.3 is 11.9 Å². The van der Waals surface area contributed by atoms with Gasteiger partial charge in [0.05, 0.1) is 7.11 Å². The summed E-state index contributed by atoms with van der Waals surface area (Å²) in [5.74, 6) is 3.80. The Morgan fingerprint density at radius 2 is 1.74 bits per heavy atom. The molecule has 3 saturated carbocycles. The Balaban J connectivity index is 1.49. The molecule has 9 atom stereocenters. The Morgan fingerprint density at radius 1 is 1.03 bits per heavy atom. The second kappa shape index (κ2) is 8.56. The molecule has 4 aliphatic rings. The van der Waals surface area contributed by atoms with E-state index in [1.54, 1.807) is 0 Å². The molecule has 0 aromatic heterocycles. The third-order valence-electron chi connectivity index (χ3n) is 10.2. The summed E-state index contributed by atoms with van der Waals surface area (Å²) in [6.07, 6.45) is 15.1. The maximum Gasteiger partial charge on any atom is 0.305 e. The average molecular weight is 431 g/mol. The minimum atomic E-state index is -0.141. The fourth-order valence-electron chi connectivity index (χ4n) is 8.55. The van der Waals surface area contributed by atoms with Gasteiger partial charge < -0.3 is 9.47 Å². The van der Waals surface area contributed by atoms with Gasteiger partial charge in [0, 0.05) is 13.3 Å². The van der Waals surface area contributed by atoms with E-state index in [0.29, 0.717) is 40.9 Å². The Hall–Kier alpha value is -1.32. The number of rotatable bonds is 5. The van der Waals surface area contributed by atoms with Gasteiger partial charge in [0.2, 0.25) is 0 Å². The van der Waals surface area contributed by atoms with Gasteiger partial charge in [0.1, 0.15) is 6.10 Å². The molecule has 4 rings (SSSR count). The van der Waals surface area contributed by atoms with Crippen molar-refractivity contribution in [3.63, 3.8) is 0 Å². The Bertz CT molecular complexity index is 729. The van der Waals surface area contributed by atoms with Crippen LogP contribution in [0.15, 0.2) is 12.2 Å². The van der Waals surface area contributed by atoms with Crippen molar-refractivity contribution in [2.24, 2.45) is 46.3 Å². The zero-order chi connectivity index (χ0) is 22.4. The van der Waals surface area contributed by atoms with Gasteiger partial charge in [0.25, 0.3) is 0 Å². The van der Waals surface area contributed by atoms with Crippen molar-refractivity contribution in [1.29, 1.82) is 0 Å². The lowest BCUT2D eigenvalue weighted by atomic mass is 9.46. The maximum atomic E-state index is 11.7. The number of methoxy groups -OCH3 is 1. The van der Waals surface area contributed by atoms with E-state index >= 15 is 0 Å². The highest BCUT2D eigenvalue weighted by atomic mass is 16.5. The maximum absolute atomic E-state index is 11.7. The molecule has 0 aromatic carbocycles. The molecule has 0 unspecified atom stereocenters. The lowest BCUT2D eigenvalue weighted by molar-refractivity contribution is -0.153. The van der Waals surface area contributed by atoms with Gasteiger partial charge in [-0.25, -0.2) is 0 Å². The number of esters is 2. The first-order chi connectivity index (χ1) is 14.7. The van der Waals surface area contributed by atoms with Crippen LogP contribution in [-0.4, -0.2) is 25.2 Å². The number of hydrogen-bond donors (Lipinski definition) is 0. The number of fused-ring (bicyclic) bond motifs is 5. The second-order valence-electron chi connectivity index (χ2n) is 11.6. The van der Waals surface area contributed by atoms with Crippen LogP contribution in [0.2, 0.25) is 0 Å². The molecule has 0 saturated heterocycles. The van der Waals surface area contributed by atoms with Crippen LogP contribution in [0.1, 0.15) is 85.5 Å². The van der Waals surface area contributed by atoms with Crippen LogP contribution in [0.25, 0.3) is 0 Å². The number of carbonyl (C=O) groups excluding carboxylic acids is 2. The summed E-state index contributed by atoms with van der Waals surface area (Å²) >= 11 is 0. The standard InChI is InChI=1S/C27H42O4/c1-17(6-11-25(29)30-5)22-9-10-23-21-8-7-19-16-20(31-18(2)28)12-14-26(19,3)24(21)13-15-27(22,23)4/h7-8,17,19-24H,6,9-16H2,1-5H3/t17-,19+,20-,21+,22-,23+,24+,26+,27-/m1/s1. The molecule has 31 heavy (non-hydrogen) atoms. The third-order valence-corrected chi connectivity index (χ3v) is 10.2. The largest absolute Gasteiger partial charge is 0.469 e. The Labute approximate surface area is 188 Å². The van der Waals surface area contributed by atoms with E-state index in [1.807, 2.05) is 0 Å². The Morgan fingerprint density at radius 3 is 2.45 bits per heavy atom. The van der Waals surface area contributed by atoms with Crippen molar-refractivity contribution >= 4 is 11.9 Å². The second-order valence-corrected chi connectivity index (χ2v) is 11.6. The van der Waals surface area contributed by atoms with E-state index in [0.717, 1.165) is 31.1 Å². The molecule has 0 aromatic rings. The summed E-state index contributed by atoms with van der Waals surface area (Å²) in [7, 11) is 1.49. The number of ether oxygens (including phenoxy) is 2. The van der Waals surface area contributed by atoms with E-state index in [4.69, 9.17) is 9.47 Å². The molecule has 174 valence electrons. The van der Waals surface area contributed by atoms with Gasteiger partial charge in [-0.05, 0) is 97.7 Å². The summed E-state index contributed by atoms with van der Waals surface area (Å²) < 4.78 is 10.5. The van der Waals surface area contributed by atoms with E-state index < -0.39 is 0 Å². The fraction of sp³-hybridized carbons (Fsp3) is 0.852. The molecule has 0 bridgehead atoms. The van der Waals surface area contributed by atoms with E-state index in [2.05, 4.69) is 32.9 Å². The summed E-state index contributed by atoms with van der Waals surface area (Å²) in [6, 6.07) is 0. The van der Waals surface area contributed by atoms with Crippen molar-refractivity contribution in [2.75, 3.05) is 7.11 Å². The van der Waals surface area contributed by atoms with Crippen molar-refractivity contribution in [1.82, 2.24) is 0 Å². The van der Waals surface area contributed by atoms with Gasteiger partial charge in [-0.1, -0.05) is 32.9 Å². The first-order valence-corrected chi connectivity index (χ1v) is 12.6. The number of hydrogen-bond acceptors (Lipinski definition) is 4. The molecule has 0 amide bonds. The topological polar surface area (TPSA) is 52.6 Å². The highest BCUT2D eigenvalue weighted by Crippen LogP contribution is 2.67. The van der Waals surface area contributed by atoms with Crippen LogP contribution in [0.5, 0.6) is 0 Å². The zero-order valence-corrected chi connectivity index (χ0v) is 20.2. The molecule has 0 aliphatic heterocycles. The normalized spacial score (nSPS) is 44.5. The highest BCUT2D eigenvalue weighted by molar-refractivity contribution is 5.69. The summed E-state index contributed by atoms with van der Waals surface area (Å²) in [5.41, 5.74) is 0.727. The quantitative estimate of drug-likeness (QED) is 0.400. The molecule has 3 fully saturated rings. The average Bonchev–Trinajstić information content (AvgIpc) is 3.09. The van der Waals surface area contributed by atoms with Gasteiger partial charge in [-0.3, -0.25) is 9.59 Å². The molecule has 4 heteroatoms. The third kappa shape index (κ3) is 3.97. The molecule has 0 radical (unpaired) electrons. The van der Waals surface area contributed by atoms with Crippen molar-refractivity contribution in [3.8, 4) is 0 Å². The highest BCUT2D eigenvalue weighted by Gasteiger charge is 2.59. The van der Waals surface area contributed by atoms with E-state index in [1.165, 1.54) is 46.1 Å². The van der Waals surface area contributed by atoms with Crippen molar-refractivity contribution in [2.45, 2.75) is 91.6 Å². The van der Waals surface area contributed by atoms with Crippen LogP contribution < -0.4 is 0 Å². The molecule has 0 spiro atoms. The van der Waals surface area contributed by atoms with Gasteiger partial charge in [-0.2, -0.15) is 0 Å². The van der Waals surface area contributed by atoms with Gasteiger partial charge in [-0.15, -0.1) is 0 Å². The van der Waals surface area contributed by atoms with Crippen LogP contribution in [-0.2, 0) is 19.1 Å². The van der Waals surface area contributed by atoms with E-state index in [-0.39, 0.29) is 18.0 Å².